The summed E-state index contributed by atoms with van der Waals surface area (Å²) in [6.45, 7) is 3.39. The van der Waals surface area contributed by atoms with Gasteiger partial charge < -0.3 is 14.7 Å². The van der Waals surface area contributed by atoms with Crippen LogP contribution in [-0.2, 0) is 20.8 Å². The molecule has 0 atom stereocenters. The number of nitrogens with zero attached hydrogens (tertiary/aromatic N) is 3. The van der Waals surface area contributed by atoms with Gasteiger partial charge in [-0.05, 0) is 74.2 Å². The fourth-order valence-electron chi connectivity index (χ4n) is 5.56. The maximum Gasteiger partial charge on any atom is 0.416 e. The van der Waals surface area contributed by atoms with E-state index in [4.69, 9.17) is 0 Å². The highest BCUT2D eigenvalue weighted by atomic mass is 32.2. The smallest absolute Gasteiger partial charge is 0.368 e. The van der Waals surface area contributed by atoms with Gasteiger partial charge in [-0.2, -0.15) is 13.2 Å². The number of hydroxylamine groups is 1. The van der Waals surface area contributed by atoms with Crippen molar-refractivity contribution in [2.45, 2.75) is 47.5 Å². The molecule has 3 aliphatic rings. The van der Waals surface area contributed by atoms with Crippen LogP contribution >= 0.6 is 0 Å². The Morgan fingerprint density at radius 1 is 0.842 bits per heavy atom. The van der Waals surface area contributed by atoms with E-state index in [0.717, 1.165) is 36.3 Å². The Morgan fingerprint density at radius 3 is 1.74 bits per heavy atom. The van der Waals surface area contributed by atoms with Crippen LogP contribution in [-0.4, -0.2) is 74.5 Å². The number of alkyl halides is 3. The quantitative estimate of drug-likeness (QED) is 0.420. The maximum absolute atomic E-state index is 13.7. The lowest BCUT2D eigenvalue weighted by atomic mass is 9.94. The van der Waals surface area contributed by atoms with Gasteiger partial charge in [0.15, 0.2) is 14.6 Å². The fraction of sp³-hybridized carbons (Fsp3) is 0.500. The molecule has 8 nitrogen and oxygen atoms in total. The number of piperazine rings is 1. The van der Waals surface area contributed by atoms with Crippen LogP contribution in [0.15, 0.2) is 53.4 Å². The van der Waals surface area contributed by atoms with Crippen LogP contribution in [0.25, 0.3) is 0 Å². The van der Waals surface area contributed by atoms with E-state index in [1.807, 2.05) is 4.90 Å². The number of carbonyl (C=O) groups is 1. The van der Waals surface area contributed by atoms with E-state index in [9.17, 15) is 31.6 Å². The highest BCUT2D eigenvalue weighted by Gasteiger charge is 2.54. The van der Waals surface area contributed by atoms with E-state index in [-0.39, 0.29) is 17.7 Å². The molecule has 5 rings (SSSR count). The molecule has 1 aliphatic carbocycles. The summed E-state index contributed by atoms with van der Waals surface area (Å²) in [6.07, 6.45) is -1.96. The molecule has 38 heavy (non-hydrogen) atoms. The van der Waals surface area contributed by atoms with Crippen molar-refractivity contribution in [1.29, 1.82) is 0 Å². The van der Waals surface area contributed by atoms with Gasteiger partial charge in [-0.3, -0.25) is 10.0 Å². The van der Waals surface area contributed by atoms with Crippen LogP contribution in [0.4, 0.5) is 24.5 Å². The van der Waals surface area contributed by atoms with Crippen LogP contribution in [0.5, 0.6) is 0 Å². The molecular formula is C26H31F3N4O4S. The number of halogens is 3. The Balaban J connectivity index is 1.26. The molecule has 0 spiro atoms. The number of nitrogens with one attached hydrogen (secondary N) is 1. The van der Waals surface area contributed by atoms with Gasteiger partial charge in [0.05, 0.1) is 10.5 Å². The number of rotatable bonds is 6. The van der Waals surface area contributed by atoms with Gasteiger partial charge >= 0.3 is 6.18 Å². The van der Waals surface area contributed by atoms with E-state index in [1.165, 1.54) is 24.3 Å². The lowest BCUT2D eigenvalue weighted by molar-refractivity contribution is -0.137. The lowest BCUT2D eigenvalue weighted by Crippen LogP contribution is -2.58. The minimum absolute atomic E-state index is 0.0353. The Labute approximate surface area is 219 Å². The molecule has 206 valence electrons. The third-order valence-electron chi connectivity index (χ3n) is 8.05. The summed E-state index contributed by atoms with van der Waals surface area (Å²) in [6, 6.07) is 12.0. The summed E-state index contributed by atoms with van der Waals surface area (Å²) in [7, 11) is -4.08. The Bertz CT molecular complexity index is 1250. The SMILES string of the molecule is O=C(NO)C1(S(=O)(=O)c2ccc(N3CCN(c4ccc(C(F)(F)F)cc4)CC3)cc2)CCN(C2CC2)CC1. The molecule has 2 aliphatic heterocycles. The Kier molecular flexibility index (Phi) is 7.08. The molecule has 0 unspecified atom stereocenters. The van der Waals surface area contributed by atoms with Gasteiger partial charge in [0.1, 0.15) is 0 Å². The molecular weight excluding hydrogens is 521 g/mol. The van der Waals surface area contributed by atoms with Crippen molar-refractivity contribution in [3.05, 3.63) is 54.1 Å². The normalized spacial score (nSPS) is 20.8. The number of hydrogen-bond acceptors (Lipinski definition) is 7. The van der Waals surface area contributed by atoms with Crippen LogP contribution in [0.2, 0.25) is 0 Å². The summed E-state index contributed by atoms with van der Waals surface area (Å²) >= 11 is 0. The number of likely N-dealkylation sites (tertiary alicyclic amines) is 1. The molecule has 2 N–H and O–H groups in total. The highest BCUT2D eigenvalue weighted by Crippen LogP contribution is 2.39. The van der Waals surface area contributed by atoms with E-state index in [2.05, 4.69) is 9.80 Å². The molecule has 1 saturated carbocycles. The molecule has 0 bridgehead atoms. The summed E-state index contributed by atoms with van der Waals surface area (Å²) in [5, 5.41) is 9.38. The third kappa shape index (κ3) is 4.96. The van der Waals surface area contributed by atoms with Crippen molar-refractivity contribution >= 4 is 27.1 Å². The van der Waals surface area contributed by atoms with Crippen molar-refractivity contribution in [1.82, 2.24) is 10.4 Å². The lowest BCUT2D eigenvalue weighted by Gasteiger charge is -2.39. The van der Waals surface area contributed by atoms with Crippen LogP contribution in [0, 0.1) is 0 Å². The highest BCUT2D eigenvalue weighted by molar-refractivity contribution is 7.93. The molecule has 2 saturated heterocycles. The molecule has 2 aromatic carbocycles. The number of anilines is 2. The zero-order valence-electron chi connectivity index (χ0n) is 20.8. The van der Waals surface area contributed by atoms with Crippen molar-refractivity contribution in [3.8, 4) is 0 Å². The van der Waals surface area contributed by atoms with E-state index in [1.54, 1.807) is 17.6 Å². The van der Waals surface area contributed by atoms with Crippen molar-refractivity contribution in [2.24, 2.45) is 0 Å². The second kappa shape index (κ2) is 10.0. The second-order valence-electron chi connectivity index (χ2n) is 10.2. The molecule has 2 aromatic rings. The van der Waals surface area contributed by atoms with E-state index < -0.39 is 32.2 Å². The van der Waals surface area contributed by atoms with Gasteiger partial charge in [0, 0.05) is 56.7 Å². The van der Waals surface area contributed by atoms with E-state index in [0.29, 0.717) is 45.3 Å². The molecule has 3 fully saturated rings. The predicted molar refractivity (Wildman–Crippen MR) is 136 cm³/mol. The number of piperidine rings is 1. The topological polar surface area (TPSA) is 93.2 Å². The largest absolute Gasteiger partial charge is 0.416 e. The Morgan fingerprint density at radius 2 is 1.32 bits per heavy atom. The summed E-state index contributed by atoms with van der Waals surface area (Å²) in [4.78, 5) is 19.1. The summed E-state index contributed by atoms with van der Waals surface area (Å²) in [5.74, 6) is -0.892. The fourth-order valence-corrected chi connectivity index (χ4v) is 7.51. The minimum atomic E-state index is -4.37. The number of hydrogen-bond donors (Lipinski definition) is 2. The number of amides is 1. The number of carbonyl (C=O) groups excluding carboxylic acids is 1. The van der Waals surface area contributed by atoms with Crippen LogP contribution in [0.3, 0.4) is 0 Å². The molecule has 12 heteroatoms. The van der Waals surface area contributed by atoms with Crippen LogP contribution < -0.4 is 15.3 Å². The maximum atomic E-state index is 13.7. The van der Waals surface area contributed by atoms with Gasteiger partial charge in [-0.25, -0.2) is 13.9 Å². The van der Waals surface area contributed by atoms with Gasteiger partial charge in [-0.1, -0.05) is 0 Å². The van der Waals surface area contributed by atoms with Crippen molar-refractivity contribution < 1.29 is 31.6 Å². The van der Waals surface area contributed by atoms with Gasteiger partial charge in [0.25, 0.3) is 5.91 Å². The summed E-state index contributed by atoms with van der Waals surface area (Å²) < 4.78 is 64.2. The summed E-state index contributed by atoms with van der Waals surface area (Å²) in [5.41, 5.74) is 2.46. The first-order valence-corrected chi connectivity index (χ1v) is 14.2. The van der Waals surface area contributed by atoms with Crippen LogP contribution in [0.1, 0.15) is 31.2 Å². The second-order valence-corrected chi connectivity index (χ2v) is 12.5. The van der Waals surface area contributed by atoms with Gasteiger partial charge in [-0.15, -0.1) is 0 Å². The van der Waals surface area contributed by atoms with Gasteiger partial charge in [0.2, 0.25) is 0 Å². The standard InChI is InChI=1S/C26H31F3N4O4S/c27-26(28,29)19-1-3-20(4-2-19)32-15-17-33(18-16-32)22-7-9-23(10-8-22)38(36,37)25(24(34)30-35)11-13-31(14-12-25)21-5-6-21/h1-4,7-10,21,35H,5-6,11-18H2,(H,30,34). The first-order chi connectivity index (χ1) is 18.0. The Hall–Kier alpha value is -2.83. The molecule has 0 radical (unpaired) electrons. The molecule has 1 amide bonds. The monoisotopic (exact) mass is 552 g/mol. The minimum Gasteiger partial charge on any atom is -0.368 e. The molecule has 0 aromatic heterocycles. The average Bonchev–Trinajstić information content (AvgIpc) is 3.78. The van der Waals surface area contributed by atoms with Crippen molar-refractivity contribution in [3.63, 3.8) is 0 Å². The average molecular weight is 553 g/mol. The number of sulfone groups is 1. The predicted octanol–water partition coefficient (Wildman–Crippen LogP) is 3.31. The van der Waals surface area contributed by atoms with E-state index >= 15 is 0 Å². The first kappa shape index (κ1) is 26.8. The van der Waals surface area contributed by atoms with Crippen molar-refractivity contribution in [2.75, 3.05) is 49.1 Å². The number of benzene rings is 2. The first-order valence-electron chi connectivity index (χ1n) is 12.8. The zero-order valence-corrected chi connectivity index (χ0v) is 21.6. The molecule has 2 heterocycles. The third-order valence-corrected chi connectivity index (χ3v) is 10.6. The zero-order chi connectivity index (χ0) is 27.1.